The summed E-state index contributed by atoms with van der Waals surface area (Å²) in [6.07, 6.45) is -4.65. The maximum absolute atomic E-state index is 12.2. The van der Waals surface area contributed by atoms with Crippen molar-refractivity contribution in [1.29, 1.82) is 0 Å². The molecule has 90 valence electrons. The zero-order valence-electron chi connectivity index (χ0n) is 8.48. The maximum atomic E-state index is 12.2. The molecule has 0 saturated heterocycles. The number of halogens is 3. The van der Waals surface area contributed by atoms with E-state index < -0.39 is 18.1 Å². The van der Waals surface area contributed by atoms with Gasteiger partial charge in [-0.2, -0.15) is 18.2 Å². The van der Waals surface area contributed by atoms with Crippen LogP contribution in [0.4, 0.5) is 13.2 Å². The van der Waals surface area contributed by atoms with Crippen molar-refractivity contribution in [3.05, 3.63) is 47.6 Å². The Labute approximate surface area is 94.2 Å². The van der Waals surface area contributed by atoms with Crippen LogP contribution in [-0.4, -0.2) is 10.1 Å². The van der Waals surface area contributed by atoms with Crippen LogP contribution in [-0.2, 0) is 6.18 Å². The molecule has 7 heteroatoms. The molecule has 0 radical (unpaired) electrons. The Morgan fingerprint density at radius 3 is 2.35 bits per heavy atom. The predicted molar refractivity (Wildman–Crippen MR) is 51.8 cm³/mol. The summed E-state index contributed by atoms with van der Waals surface area (Å²) >= 11 is 0. The molecule has 2 rings (SSSR count). The van der Waals surface area contributed by atoms with Gasteiger partial charge < -0.3 is 10.3 Å². The van der Waals surface area contributed by atoms with Gasteiger partial charge in [-0.1, -0.05) is 35.5 Å². The number of aromatic nitrogens is 2. The first-order valence-corrected chi connectivity index (χ1v) is 4.70. The fourth-order valence-electron chi connectivity index (χ4n) is 1.29. The van der Waals surface area contributed by atoms with Gasteiger partial charge in [0.2, 0.25) is 0 Å². The Kier molecular flexibility index (Phi) is 2.84. The number of nitrogens with two attached hydrogens (primary N) is 1. The molecule has 1 unspecified atom stereocenters. The average Bonchev–Trinajstić information content (AvgIpc) is 2.78. The first kappa shape index (κ1) is 11.6. The van der Waals surface area contributed by atoms with Crippen molar-refractivity contribution in [1.82, 2.24) is 10.1 Å². The second-order valence-electron chi connectivity index (χ2n) is 3.34. The lowest BCUT2D eigenvalue weighted by Crippen LogP contribution is -2.14. The minimum Gasteiger partial charge on any atom is -0.329 e. The topological polar surface area (TPSA) is 64.9 Å². The van der Waals surface area contributed by atoms with E-state index in [9.17, 15) is 13.2 Å². The second kappa shape index (κ2) is 4.17. The molecular formula is C10H8F3N3O. The van der Waals surface area contributed by atoms with Gasteiger partial charge in [-0.3, -0.25) is 0 Å². The lowest BCUT2D eigenvalue weighted by atomic mass is 10.1. The van der Waals surface area contributed by atoms with Gasteiger partial charge in [0.15, 0.2) is 5.82 Å². The van der Waals surface area contributed by atoms with E-state index in [0.717, 1.165) is 0 Å². The third-order valence-corrected chi connectivity index (χ3v) is 2.12. The maximum Gasteiger partial charge on any atom is 0.471 e. The van der Waals surface area contributed by atoms with Crippen molar-refractivity contribution in [2.75, 3.05) is 0 Å². The Balaban J connectivity index is 2.27. The van der Waals surface area contributed by atoms with E-state index in [1.165, 1.54) is 0 Å². The molecule has 1 atom stereocenters. The molecule has 2 N–H and O–H groups in total. The lowest BCUT2D eigenvalue weighted by molar-refractivity contribution is -0.159. The summed E-state index contributed by atoms with van der Waals surface area (Å²) in [5, 5.41) is 3.23. The normalized spacial score (nSPS) is 13.6. The number of nitrogens with zero attached hydrogens (tertiary/aromatic N) is 2. The van der Waals surface area contributed by atoms with Gasteiger partial charge in [0.25, 0.3) is 0 Å². The molecule has 0 fully saturated rings. The minimum atomic E-state index is -4.65. The highest BCUT2D eigenvalue weighted by Gasteiger charge is 2.39. The van der Waals surface area contributed by atoms with Crippen LogP contribution in [0.3, 0.4) is 0 Å². The molecule has 1 heterocycles. The van der Waals surface area contributed by atoms with Crippen molar-refractivity contribution < 1.29 is 17.7 Å². The highest BCUT2D eigenvalue weighted by atomic mass is 19.4. The summed E-state index contributed by atoms with van der Waals surface area (Å²) in [7, 11) is 0. The Hall–Kier alpha value is -1.89. The molecule has 4 nitrogen and oxygen atoms in total. The van der Waals surface area contributed by atoms with Crippen LogP contribution in [0, 0.1) is 0 Å². The summed E-state index contributed by atoms with van der Waals surface area (Å²) in [5.74, 6) is -1.58. The molecule has 2 aromatic rings. The average molecular weight is 243 g/mol. The largest absolute Gasteiger partial charge is 0.471 e. The minimum absolute atomic E-state index is 0.191. The van der Waals surface area contributed by atoms with Gasteiger partial charge in [0.1, 0.15) is 0 Å². The van der Waals surface area contributed by atoms with E-state index in [2.05, 4.69) is 14.7 Å². The Morgan fingerprint density at radius 2 is 1.82 bits per heavy atom. The van der Waals surface area contributed by atoms with Crippen molar-refractivity contribution >= 4 is 0 Å². The number of hydrogen-bond donors (Lipinski definition) is 1. The van der Waals surface area contributed by atoms with Gasteiger partial charge in [0.05, 0.1) is 6.04 Å². The number of hydrogen-bond acceptors (Lipinski definition) is 4. The standard InChI is InChI=1S/C10H8F3N3O/c11-10(12,13)9-15-8(16-17-9)7(14)6-4-2-1-3-5-6/h1-5,7H,14H2. The van der Waals surface area contributed by atoms with E-state index in [0.29, 0.717) is 5.56 Å². The predicted octanol–water partition coefficient (Wildman–Crippen LogP) is 2.14. The zero-order valence-corrected chi connectivity index (χ0v) is 8.48. The van der Waals surface area contributed by atoms with Gasteiger partial charge in [-0.15, -0.1) is 0 Å². The second-order valence-corrected chi connectivity index (χ2v) is 3.34. The highest BCUT2D eigenvalue weighted by Crippen LogP contribution is 2.28. The van der Waals surface area contributed by atoms with Crippen molar-refractivity contribution in [3.8, 4) is 0 Å². The molecule has 0 saturated carbocycles. The zero-order chi connectivity index (χ0) is 12.5. The van der Waals surface area contributed by atoms with Crippen LogP contribution in [0.15, 0.2) is 34.9 Å². The lowest BCUT2D eigenvalue weighted by Gasteiger charge is -2.06. The number of rotatable bonds is 2. The van der Waals surface area contributed by atoms with Gasteiger partial charge in [0, 0.05) is 0 Å². The molecule has 1 aromatic carbocycles. The van der Waals surface area contributed by atoms with E-state index in [4.69, 9.17) is 5.73 Å². The monoisotopic (exact) mass is 243 g/mol. The van der Waals surface area contributed by atoms with Crippen molar-refractivity contribution in [2.24, 2.45) is 5.73 Å². The fraction of sp³-hybridized carbons (Fsp3) is 0.200. The molecule has 0 spiro atoms. The molecule has 0 amide bonds. The highest BCUT2D eigenvalue weighted by molar-refractivity contribution is 5.23. The smallest absolute Gasteiger partial charge is 0.329 e. The van der Waals surface area contributed by atoms with Crippen LogP contribution in [0.1, 0.15) is 23.3 Å². The van der Waals surface area contributed by atoms with Crippen LogP contribution < -0.4 is 5.73 Å². The van der Waals surface area contributed by atoms with Gasteiger partial charge in [-0.05, 0) is 5.56 Å². The van der Waals surface area contributed by atoms with Crippen molar-refractivity contribution in [2.45, 2.75) is 12.2 Å². The van der Waals surface area contributed by atoms with E-state index in [-0.39, 0.29) is 5.82 Å². The van der Waals surface area contributed by atoms with Crippen LogP contribution in [0.5, 0.6) is 0 Å². The summed E-state index contributed by atoms with van der Waals surface area (Å²) in [6, 6.07) is 7.73. The van der Waals surface area contributed by atoms with Crippen molar-refractivity contribution in [3.63, 3.8) is 0 Å². The third-order valence-electron chi connectivity index (χ3n) is 2.12. The molecule has 1 aromatic heterocycles. The molecule has 0 aliphatic rings. The molecule has 0 aliphatic carbocycles. The van der Waals surface area contributed by atoms with Crippen LogP contribution in [0.25, 0.3) is 0 Å². The molecule has 17 heavy (non-hydrogen) atoms. The van der Waals surface area contributed by atoms with E-state index in [1.54, 1.807) is 30.3 Å². The van der Waals surface area contributed by atoms with Crippen LogP contribution in [0.2, 0.25) is 0 Å². The fourth-order valence-corrected chi connectivity index (χ4v) is 1.29. The molecule has 0 aliphatic heterocycles. The number of alkyl halides is 3. The summed E-state index contributed by atoms with van der Waals surface area (Å²) in [5.41, 5.74) is 6.33. The quantitative estimate of drug-likeness (QED) is 0.877. The Morgan fingerprint density at radius 1 is 1.18 bits per heavy atom. The number of benzene rings is 1. The van der Waals surface area contributed by atoms with Gasteiger partial charge >= 0.3 is 12.1 Å². The van der Waals surface area contributed by atoms with Gasteiger partial charge in [-0.25, -0.2) is 0 Å². The van der Waals surface area contributed by atoms with Crippen LogP contribution >= 0.6 is 0 Å². The SMILES string of the molecule is NC(c1ccccc1)c1noc(C(F)(F)F)n1. The van der Waals surface area contributed by atoms with E-state index >= 15 is 0 Å². The van der Waals surface area contributed by atoms with E-state index in [1.807, 2.05) is 0 Å². The first-order valence-electron chi connectivity index (χ1n) is 4.70. The summed E-state index contributed by atoms with van der Waals surface area (Å²) in [6.45, 7) is 0. The molecular weight excluding hydrogens is 235 g/mol. The summed E-state index contributed by atoms with van der Waals surface area (Å²) < 4.78 is 40.8. The third kappa shape index (κ3) is 2.44. The summed E-state index contributed by atoms with van der Waals surface area (Å²) in [4.78, 5) is 3.23. The Bertz CT molecular complexity index is 495. The molecule has 0 bridgehead atoms. The first-order chi connectivity index (χ1) is 7.98.